The summed E-state index contributed by atoms with van der Waals surface area (Å²) in [4.78, 5) is 20.9. The van der Waals surface area contributed by atoms with Crippen molar-refractivity contribution in [3.05, 3.63) is 364 Å². The lowest BCUT2D eigenvalue weighted by Gasteiger charge is -2.12. The van der Waals surface area contributed by atoms with E-state index >= 15 is 0 Å². The van der Waals surface area contributed by atoms with Gasteiger partial charge < -0.3 is 9.13 Å². The van der Waals surface area contributed by atoms with Gasteiger partial charge in [0.15, 0.2) is 0 Å². The predicted octanol–water partition coefficient (Wildman–Crippen LogP) is 24.6. The first-order valence-electron chi connectivity index (χ1n) is 36.7. The molecule has 0 fully saturated rings. The van der Waals surface area contributed by atoms with Gasteiger partial charge in [-0.15, -0.1) is 0 Å². The summed E-state index contributed by atoms with van der Waals surface area (Å²) < 4.78 is 13.9. The molecule has 24 rings (SSSR count). The molecule has 0 saturated carbocycles. The molecule has 0 unspecified atom stereocenters. The van der Waals surface area contributed by atoms with Crippen molar-refractivity contribution in [1.29, 1.82) is 0 Å². The van der Waals surface area contributed by atoms with Crippen LogP contribution >= 0.6 is 0 Å². The van der Waals surface area contributed by atoms with Crippen molar-refractivity contribution in [2.24, 2.45) is 0 Å². The SMILES string of the molecule is c1ccc(-c2ccc(-n3c4ccccc4c4cc(-c5ccc6c(c5)c5ccccc5n6-c5nc6ccccc6c6nc7ccccc7n56)ccc43)cc2)cc1.c1ccc(-n2c3ccc(-c4ccc5c(c4)c4ccccc4n5-c4nc5ccccc5c5nc6ccccc6n45)cc3c3ccc4ccccc4c32)cc1. The number of imidazole rings is 2. The van der Waals surface area contributed by atoms with E-state index in [0.29, 0.717) is 0 Å². The Morgan fingerprint density at radius 3 is 1.00 bits per heavy atom. The molecule has 0 atom stereocenters. The Labute approximate surface area is 617 Å². The van der Waals surface area contributed by atoms with E-state index in [2.05, 4.69) is 367 Å². The van der Waals surface area contributed by atoms with Crippen LogP contribution in [0.1, 0.15) is 0 Å². The van der Waals surface area contributed by atoms with Crippen molar-refractivity contribution in [2.45, 2.75) is 0 Å². The first-order valence-corrected chi connectivity index (χ1v) is 36.7. The molecular formula is C98H60N10. The summed E-state index contributed by atoms with van der Waals surface area (Å²) in [6, 6.07) is 130. The normalized spacial score (nSPS) is 12.1. The maximum Gasteiger partial charge on any atom is 0.221 e. The first-order chi connectivity index (χ1) is 53.6. The van der Waals surface area contributed by atoms with E-state index in [0.717, 1.165) is 101 Å². The van der Waals surface area contributed by atoms with Crippen LogP contribution in [0.2, 0.25) is 0 Å². The number of rotatable bonds is 7. The summed E-state index contributed by atoms with van der Waals surface area (Å²) in [7, 11) is 0. The van der Waals surface area contributed by atoms with Crippen molar-refractivity contribution in [3.63, 3.8) is 0 Å². The van der Waals surface area contributed by atoms with E-state index in [1.54, 1.807) is 0 Å². The molecule has 0 N–H and O–H groups in total. The van der Waals surface area contributed by atoms with Gasteiger partial charge in [0.1, 0.15) is 11.3 Å². The standard InChI is InChI=1S/C50H31N5.C48H29N5/c1-2-12-32(13-3-1)33-22-26-36(27-23-33)53-44-19-9-5-14-37(44)40-30-34(24-28-46(40)53)35-25-29-47-41(31-35)38-15-6-10-20-45(38)54(47)50-52-42-17-7-4-16-39(42)49-51-43-18-8-11-21-48(43)55(49)50;1-2-13-33(14-3-1)51-43-26-23-32(29-39(43)36-25-22-30-12-4-5-15-34(30)46(36)51)31-24-27-44-38(28-31)35-16-7-10-20-42(35)52(44)48-50-40-18-8-6-17-37(40)47-49-41-19-9-11-21-45(41)53(47)48/h1-31H;1-29H. The van der Waals surface area contributed by atoms with E-state index in [9.17, 15) is 0 Å². The van der Waals surface area contributed by atoms with E-state index in [4.69, 9.17) is 19.9 Å². The van der Waals surface area contributed by atoms with Crippen LogP contribution in [-0.2, 0) is 0 Å². The van der Waals surface area contributed by atoms with Crippen LogP contribution in [0.3, 0.4) is 0 Å². The topological polar surface area (TPSA) is 80.1 Å². The van der Waals surface area contributed by atoms with Crippen molar-refractivity contribution in [1.82, 2.24) is 47.0 Å². The van der Waals surface area contributed by atoms with Gasteiger partial charge in [0.2, 0.25) is 11.9 Å². The van der Waals surface area contributed by atoms with Gasteiger partial charge in [-0.05, 0) is 178 Å². The Balaban J connectivity index is 0.000000130. The third kappa shape index (κ3) is 8.95. The number of aromatic nitrogens is 10. The maximum absolute atomic E-state index is 5.34. The summed E-state index contributed by atoms with van der Waals surface area (Å²) >= 11 is 0. The van der Waals surface area contributed by atoms with Gasteiger partial charge in [0, 0.05) is 70.6 Å². The summed E-state index contributed by atoms with van der Waals surface area (Å²) in [5.74, 6) is 1.65. The Morgan fingerprint density at radius 2 is 0.509 bits per heavy atom. The van der Waals surface area contributed by atoms with E-state index in [1.807, 2.05) is 24.3 Å². The highest BCUT2D eigenvalue weighted by molar-refractivity contribution is 6.20. The monoisotopic (exact) mass is 1380 g/mol. The van der Waals surface area contributed by atoms with Crippen LogP contribution in [-0.4, -0.2) is 47.0 Å². The van der Waals surface area contributed by atoms with Gasteiger partial charge in [0.05, 0.1) is 77.2 Å². The number of nitrogens with zero attached hydrogens (tertiary/aromatic N) is 10. The fourth-order valence-corrected chi connectivity index (χ4v) is 17.4. The van der Waals surface area contributed by atoms with Crippen molar-refractivity contribution < 1.29 is 0 Å². The molecular weight excluding hydrogens is 1320 g/mol. The molecule has 8 aromatic heterocycles. The molecule has 24 aromatic rings. The van der Waals surface area contributed by atoms with E-state index in [-0.39, 0.29) is 0 Å². The molecule has 16 aromatic carbocycles. The number of hydrogen-bond donors (Lipinski definition) is 0. The highest BCUT2D eigenvalue weighted by Crippen LogP contribution is 2.44. The van der Waals surface area contributed by atoms with Gasteiger partial charge >= 0.3 is 0 Å². The van der Waals surface area contributed by atoms with Crippen molar-refractivity contribution in [2.75, 3.05) is 0 Å². The summed E-state index contributed by atoms with van der Waals surface area (Å²) in [6.07, 6.45) is 0. The van der Waals surface area contributed by atoms with Crippen molar-refractivity contribution >= 4 is 153 Å². The molecule has 10 nitrogen and oxygen atoms in total. The molecule has 0 aliphatic heterocycles. The first kappa shape index (κ1) is 59.8. The van der Waals surface area contributed by atoms with Crippen LogP contribution in [0.4, 0.5) is 0 Å². The zero-order valence-corrected chi connectivity index (χ0v) is 58.1. The zero-order valence-electron chi connectivity index (χ0n) is 58.1. The van der Waals surface area contributed by atoms with Gasteiger partial charge in [-0.25, -0.2) is 19.9 Å². The summed E-state index contributed by atoms with van der Waals surface area (Å²) in [5, 5.41) is 14.3. The molecule has 10 heteroatoms. The molecule has 0 radical (unpaired) electrons. The van der Waals surface area contributed by atoms with Crippen LogP contribution in [0, 0.1) is 0 Å². The quantitative estimate of drug-likeness (QED) is 0.159. The summed E-state index contributed by atoms with van der Waals surface area (Å²) in [5.41, 5.74) is 26.3. The molecule has 502 valence electrons. The van der Waals surface area contributed by atoms with Crippen LogP contribution in [0.5, 0.6) is 0 Å². The molecule has 108 heavy (non-hydrogen) atoms. The van der Waals surface area contributed by atoms with Gasteiger partial charge in [-0.2, -0.15) is 0 Å². The summed E-state index contributed by atoms with van der Waals surface area (Å²) in [6.45, 7) is 0. The molecule has 0 bridgehead atoms. The maximum atomic E-state index is 5.34. The smallest absolute Gasteiger partial charge is 0.221 e. The predicted molar refractivity (Wildman–Crippen MR) is 447 cm³/mol. The van der Waals surface area contributed by atoms with Crippen LogP contribution in [0.15, 0.2) is 364 Å². The largest absolute Gasteiger partial charge is 0.309 e. The van der Waals surface area contributed by atoms with Gasteiger partial charge in [-0.3, -0.25) is 17.9 Å². The minimum atomic E-state index is 0.826. The Bertz CT molecular complexity index is 7860. The Morgan fingerprint density at radius 1 is 0.176 bits per heavy atom. The second-order valence-electron chi connectivity index (χ2n) is 28.1. The highest BCUT2D eigenvalue weighted by atomic mass is 15.2. The fourth-order valence-electron chi connectivity index (χ4n) is 17.4. The average Bonchev–Trinajstić information content (AvgIpc) is 1.14. The van der Waals surface area contributed by atoms with E-state index in [1.165, 1.54) is 109 Å². The minimum absolute atomic E-state index is 0.826. The number of fused-ring (bicyclic) bond motifs is 24. The second kappa shape index (κ2) is 23.4. The minimum Gasteiger partial charge on any atom is -0.309 e. The number of benzene rings is 16. The molecule has 0 aliphatic rings. The molecule has 0 amide bonds. The zero-order chi connectivity index (χ0) is 70.7. The van der Waals surface area contributed by atoms with Gasteiger partial charge in [0.25, 0.3) is 0 Å². The Kier molecular flexibility index (Phi) is 12.9. The average molecular weight is 1380 g/mol. The molecule has 0 saturated heterocycles. The third-order valence-corrected chi connectivity index (χ3v) is 22.2. The highest BCUT2D eigenvalue weighted by Gasteiger charge is 2.25. The molecule has 0 spiro atoms. The second-order valence-corrected chi connectivity index (χ2v) is 28.1. The third-order valence-electron chi connectivity index (χ3n) is 22.2. The van der Waals surface area contributed by atoms with Gasteiger partial charge in [-0.1, -0.05) is 224 Å². The number of hydrogen-bond acceptors (Lipinski definition) is 4. The van der Waals surface area contributed by atoms with Crippen LogP contribution in [0.25, 0.3) is 210 Å². The van der Waals surface area contributed by atoms with Crippen molar-refractivity contribution in [3.8, 4) is 56.7 Å². The lowest BCUT2D eigenvalue weighted by atomic mass is 10.00. The molecule has 0 aliphatic carbocycles. The lowest BCUT2D eigenvalue weighted by molar-refractivity contribution is 0.979. The van der Waals surface area contributed by atoms with E-state index < -0.39 is 0 Å². The number of para-hydroxylation sites is 10. The lowest BCUT2D eigenvalue weighted by Crippen LogP contribution is -2.06. The fraction of sp³-hybridized carbons (Fsp3) is 0. The Hall–Kier alpha value is -14.7. The molecule has 8 heterocycles. The van der Waals surface area contributed by atoms with Crippen LogP contribution < -0.4 is 0 Å².